The topological polar surface area (TPSA) is 63.7 Å². The van der Waals surface area contributed by atoms with Crippen molar-refractivity contribution in [2.24, 2.45) is 16.6 Å². The van der Waals surface area contributed by atoms with Crippen molar-refractivity contribution in [3.8, 4) is 5.88 Å². The maximum absolute atomic E-state index is 6.11. The van der Waals surface area contributed by atoms with E-state index in [1.807, 2.05) is 14.1 Å². The van der Waals surface area contributed by atoms with Crippen molar-refractivity contribution in [2.45, 2.75) is 20.4 Å². The van der Waals surface area contributed by atoms with Crippen LogP contribution in [0.4, 0.5) is 0 Å². The average molecular weight is 413 g/mol. The zero-order chi connectivity index (χ0) is 14.4. The zero-order valence-electron chi connectivity index (χ0n) is 12.3. The molecule has 0 amide bonds. The normalized spacial score (nSPS) is 11.2. The molecule has 2 N–H and O–H groups in total. The highest BCUT2D eigenvalue weighted by Gasteiger charge is 2.06. The number of nitrogens with two attached hydrogens (primary N) is 1. The molecule has 0 aliphatic carbocycles. The van der Waals surface area contributed by atoms with Crippen molar-refractivity contribution in [1.29, 1.82) is 0 Å². The number of hydrogen-bond acceptors (Lipinski definition) is 3. The lowest BCUT2D eigenvalue weighted by Gasteiger charge is -2.11. The van der Waals surface area contributed by atoms with Gasteiger partial charge < -0.3 is 15.4 Å². The zero-order valence-corrected chi connectivity index (χ0v) is 15.3. The van der Waals surface area contributed by atoms with Gasteiger partial charge in [0.25, 0.3) is 0 Å². The molecule has 0 atom stereocenters. The number of aromatic nitrogens is 1. The van der Waals surface area contributed by atoms with Gasteiger partial charge in [0.05, 0.1) is 13.2 Å². The molecule has 114 valence electrons. The van der Waals surface area contributed by atoms with Gasteiger partial charge in [-0.3, -0.25) is 0 Å². The summed E-state index contributed by atoms with van der Waals surface area (Å²) in [7, 11) is 3.68. The fraction of sp³-hybridized carbons (Fsp3) is 0.538. The summed E-state index contributed by atoms with van der Waals surface area (Å²) in [6, 6.07) is 1.80. The molecule has 0 bridgehead atoms. The fourth-order valence-electron chi connectivity index (χ4n) is 1.22. The van der Waals surface area contributed by atoms with Crippen LogP contribution in [0.25, 0.3) is 0 Å². The maximum atomic E-state index is 6.11. The number of ether oxygens (including phenoxy) is 1. The Bertz CT molecular complexity index is 452. The highest BCUT2D eigenvalue weighted by molar-refractivity contribution is 14.0. The van der Waals surface area contributed by atoms with E-state index >= 15 is 0 Å². The minimum atomic E-state index is 0. The van der Waals surface area contributed by atoms with Crippen LogP contribution in [0.1, 0.15) is 19.4 Å². The quantitative estimate of drug-likeness (QED) is 0.459. The predicted octanol–water partition coefficient (Wildman–Crippen LogP) is 2.76. The van der Waals surface area contributed by atoms with Crippen molar-refractivity contribution < 1.29 is 4.74 Å². The molecule has 0 spiro atoms. The van der Waals surface area contributed by atoms with E-state index in [0.717, 1.165) is 5.56 Å². The Labute approximate surface area is 142 Å². The number of rotatable bonds is 5. The Kier molecular flexibility index (Phi) is 8.88. The number of halogens is 2. The predicted molar refractivity (Wildman–Crippen MR) is 94.0 cm³/mol. The van der Waals surface area contributed by atoms with E-state index in [0.29, 0.717) is 35.9 Å². The summed E-state index contributed by atoms with van der Waals surface area (Å²) in [5.41, 5.74) is 6.61. The number of nitrogens with zero attached hydrogens (tertiary/aromatic N) is 3. The van der Waals surface area contributed by atoms with Crippen LogP contribution in [0.5, 0.6) is 5.88 Å². The molecule has 20 heavy (non-hydrogen) atoms. The molecule has 0 aromatic carbocycles. The van der Waals surface area contributed by atoms with E-state index in [1.165, 1.54) is 0 Å². The second-order valence-corrected chi connectivity index (χ2v) is 5.31. The maximum Gasteiger partial charge on any atom is 0.232 e. The summed E-state index contributed by atoms with van der Waals surface area (Å²) in [4.78, 5) is 10.2. The van der Waals surface area contributed by atoms with Gasteiger partial charge >= 0.3 is 0 Å². The molecule has 0 radical (unpaired) electrons. The highest BCUT2D eigenvalue weighted by Crippen LogP contribution is 2.23. The van der Waals surface area contributed by atoms with Gasteiger partial charge in [-0.15, -0.1) is 24.0 Å². The molecular formula is C13H22ClIN4O. The van der Waals surface area contributed by atoms with Gasteiger partial charge in [-0.05, 0) is 17.5 Å². The van der Waals surface area contributed by atoms with Crippen molar-refractivity contribution in [2.75, 3.05) is 20.7 Å². The molecule has 0 unspecified atom stereocenters. The van der Waals surface area contributed by atoms with E-state index in [-0.39, 0.29) is 24.0 Å². The first-order chi connectivity index (χ1) is 8.90. The van der Waals surface area contributed by atoms with Crippen LogP contribution in [-0.2, 0) is 6.54 Å². The summed E-state index contributed by atoms with van der Waals surface area (Å²) < 4.78 is 5.51. The number of guanidine groups is 1. The van der Waals surface area contributed by atoms with Gasteiger partial charge in [0.2, 0.25) is 5.88 Å². The first kappa shape index (κ1) is 19.2. The highest BCUT2D eigenvalue weighted by atomic mass is 127. The van der Waals surface area contributed by atoms with Crippen molar-refractivity contribution in [3.05, 3.63) is 22.8 Å². The van der Waals surface area contributed by atoms with Gasteiger partial charge in [0, 0.05) is 20.3 Å². The molecule has 0 aliphatic rings. The largest absolute Gasteiger partial charge is 0.476 e. The minimum Gasteiger partial charge on any atom is -0.476 e. The molecule has 1 aromatic rings. The lowest BCUT2D eigenvalue weighted by Crippen LogP contribution is -2.30. The van der Waals surface area contributed by atoms with Crippen LogP contribution < -0.4 is 10.5 Å². The molecule has 1 heterocycles. The van der Waals surface area contributed by atoms with Gasteiger partial charge in [0.15, 0.2) is 5.96 Å². The molecule has 0 fully saturated rings. The van der Waals surface area contributed by atoms with Crippen LogP contribution in [0.15, 0.2) is 17.3 Å². The van der Waals surface area contributed by atoms with E-state index in [4.69, 9.17) is 22.1 Å². The lowest BCUT2D eigenvalue weighted by atomic mass is 10.2. The van der Waals surface area contributed by atoms with Crippen LogP contribution in [0.3, 0.4) is 0 Å². The first-order valence-corrected chi connectivity index (χ1v) is 6.52. The molecule has 7 heteroatoms. The standard InChI is InChI=1S/C13H21ClN4O.HI/c1-9(2)8-19-12-11(14)5-10(6-16-12)7-17-13(15)18(3)4;/h5-6,9H,7-8H2,1-4H3,(H2,15,17);1H. The molecule has 0 saturated carbocycles. The third-order valence-corrected chi connectivity index (χ3v) is 2.57. The number of hydrogen-bond donors (Lipinski definition) is 1. The van der Waals surface area contributed by atoms with Crippen molar-refractivity contribution in [3.63, 3.8) is 0 Å². The molecular weight excluding hydrogens is 391 g/mol. The smallest absolute Gasteiger partial charge is 0.232 e. The summed E-state index contributed by atoms with van der Waals surface area (Å²) in [6.45, 7) is 5.18. The summed E-state index contributed by atoms with van der Waals surface area (Å²) in [5, 5.41) is 0.497. The van der Waals surface area contributed by atoms with E-state index < -0.39 is 0 Å². The second-order valence-electron chi connectivity index (χ2n) is 4.90. The summed E-state index contributed by atoms with van der Waals surface area (Å²) >= 11 is 6.11. The molecule has 0 saturated heterocycles. The van der Waals surface area contributed by atoms with Gasteiger partial charge in [0.1, 0.15) is 5.02 Å². The molecule has 1 aromatic heterocycles. The Balaban J connectivity index is 0.00000361. The van der Waals surface area contributed by atoms with Crippen molar-refractivity contribution in [1.82, 2.24) is 9.88 Å². The van der Waals surface area contributed by atoms with Gasteiger partial charge in [-0.1, -0.05) is 25.4 Å². The van der Waals surface area contributed by atoms with Crippen LogP contribution in [0, 0.1) is 5.92 Å². The molecule has 5 nitrogen and oxygen atoms in total. The first-order valence-electron chi connectivity index (χ1n) is 6.14. The van der Waals surface area contributed by atoms with Crippen molar-refractivity contribution >= 4 is 41.5 Å². The number of aliphatic imine (C=N–C) groups is 1. The Hall–Kier alpha value is -0.760. The monoisotopic (exact) mass is 412 g/mol. The summed E-state index contributed by atoms with van der Waals surface area (Å²) in [6.07, 6.45) is 1.70. The molecule has 0 aliphatic heterocycles. The van der Waals surface area contributed by atoms with Gasteiger partial charge in [-0.25, -0.2) is 9.98 Å². The SMILES string of the molecule is CC(C)COc1ncc(CN=C(N)N(C)C)cc1Cl.I. The Morgan fingerprint density at radius 1 is 1.50 bits per heavy atom. The van der Waals surface area contributed by atoms with Crippen LogP contribution in [0.2, 0.25) is 5.02 Å². The third-order valence-electron chi connectivity index (χ3n) is 2.30. The third kappa shape index (κ3) is 6.60. The van der Waals surface area contributed by atoms with Crippen LogP contribution in [-0.4, -0.2) is 36.5 Å². The number of pyridine rings is 1. The Morgan fingerprint density at radius 3 is 2.65 bits per heavy atom. The fourth-order valence-corrected chi connectivity index (χ4v) is 1.46. The van der Waals surface area contributed by atoms with E-state index in [1.54, 1.807) is 17.2 Å². The van der Waals surface area contributed by atoms with Crippen LogP contribution >= 0.6 is 35.6 Å². The minimum absolute atomic E-state index is 0. The average Bonchev–Trinajstić information content (AvgIpc) is 2.34. The van der Waals surface area contributed by atoms with E-state index in [9.17, 15) is 0 Å². The lowest BCUT2D eigenvalue weighted by molar-refractivity contribution is 0.261. The molecule has 1 rings (SSSR count). The van der Waals surface area contributed by atoms with E-state index in [2.05, 4.69) is 23.8 Å². The second kappa shape index (κ2) is 9.23. The van der Waals surface area contributed by atoms with Gasteiger partial charge in [-0.2, -0.15) is 0 Å². The summed E-state index contributed by atoms with van der Waals surface area (Å²) in [5.74, 6) is 1.36. The Morgan fingerprint density at radius 2 is 2.15 bits per heavy atom.